The number of aromatic amines is 1. The van der Waals surface area contributed by atoms with Gasteiger partial charge in [0.15, 0.2) is 0 Å². The van der Waals surface area contributed by atoms with E-state index in [4.69, 9.17) is 0 Å². The number of nitrogens with zero attached hydrogens (tertiary/aromatic N) is 2. The van der Waals surface area contributed by atoms with Crippen LogP contribution in [0.25, 0.3) is 0 Å². The molecule has 0 aromatic carbocycles. The Kier molecular flexibility index (Phi) is 3.22. The Labute approximate surface area is 98.7 Å². The molecule has 0 bridgehead atoms. The zero-order chi connectivity index (χ0) is 12.3. The molecule has 0 saturated heterocycles. The highest BCUT2D eigenvalue weighted by molar-refractivity contribution is 6.39. The van der Waals surface area contributed by atoms with Gasteiger partial charge in [0.2, 0.25) is 5.91 Å². The second-order valence-corrected chi connectivity index (χ2v) is 3.87. The third kappa shape index (κ3) is 2.72. The van der Waals surface area contributed by atoms with Gasteiger partial charge in [-0.3, -0.25) is 9.59 Å². The minimum Gasteiger partial charge on any atom is -0.367 e. The molecule has 0 spiro atoms. The van der Waals surface area contributed by atoms with Crippen molar-refractivity contribution in [3.63, 3.8) is 0 Å². The minimum atomic E-state index is -0.217. The van der Waals surface area contributed by atoms with Crippen LogP contribution in [0.4, 0.5) is 0 Å². The van der Waals surface area contributed by atoms with Gasteiger partial charge in [-0.05, 0) is 11.6 Å². The van der Waals surface area contributed by atoms with Gasteiger partial charge >= 0.3 is 0 Å². The van der Waals surface area contributed by atoms with Crippen molar-refractivity contribution in [2.45, 2.75) is 19.4 Å². The molecule has 1 aromatic rings. The molecule has 2 rings (SSSR count). The third-order valence-corrected chi connectivity index (χ3v) is 2.58. The number of carbonyl (C=O) groups is 2. The predicted octanol–water partition coefficient (Wildman–Crippen LogP) is 0.239. The first-order valence-electron chi connectivity index (χ1n) is 5.40. The van der Waals surface area contributed by atoms with E-state index in [9.17, 15) is 9.59 Å². The molecule has 1 aliphatic rings. The smallest absolute Gasteiger partial charge is 0.267 e. The Bertz CT molecular complexity index is 450. The first-order chi connectivity index (χ1) is 8.16. The molecule has 0 saturated carbocycles. The van der Waals surface area contributed by atoms with Gasteiger partial charge in [-0.15, -0.1) is 0 Å². The number of nitrogens with one attached hydrogen (secondary N) is 2. The quantitative estimate of drug-likeness (QED) is 0.785. The summed E-state index contributed by atoms with van der Waals surface area (Å²) < 4.78 is 0. The molecule has 2 heterocycles. The molecule has 0 radical (unpaired) electrons. The lowest BCUT2D eigenvalue weighted by Gasteiger charge is -2.18. The van der Waals surface area contributed by atoms with Crippen molar-refractivity contribution in [3.8, 4) is 0 Å². The lowest BCUT2D eigenvalue weighted by molar-refractivity contribution is -0.130. The number of hydrogen-bond donors (Lipinski definition) is 2. The van der Waals surface area contributed by atoms with Crippen molar-refractivity contribution in [3.05, 3.63) is 24.0 Å². The monoisotopic (exact) mass is 234 g/mol. The zero-order valence-corrected chi connectivity index (χ0v) is 9.56. The van der Waals surface area contributed by atoms with Gasteiger partial charge in [0, 0.05) is 38.8 Å². The molecule has 1 aromatic heterocycles. The molecule has 6 nitrogen and oxygen atoms in total. The van der Waals surface area contributed by atoms with Gasteiger partial charge in [-0.1, -0.05) is 0 Å². The molecular weight excluding hydrogens is 220 g/mol. The first kappa shape index (κ1) is 11.4. The van der Waals surface area contributed by atoms with E-state index in [0.29, 0.717) is 25.1 Å². The van der Waals surface area contributed by atoms with Crippen LogP contribution in [0.2, 0.25) is 0 Å². The second kappa shape index (κ2) is 4.82. The van der Waals surface area contributed by atoms with Crippen molar-refractivity contribution in [1.29, 1.82) is 0 Å². The Hall–Kier alpha value is -2.11. The van der Waals surface area contributed by atoms with Crippen LogP contribution in [0.5, 0.6) is 0 Å². The maximum absolute atomic E-state index is 11.8. The first-order valence-corrected chi connectivity index (χ1v) is 5.40. The molecule has 6 heteroatoms. The van der Waals surface area contributed by atoms with Crippen molar-refractivity contribution in [2.24, 2.45) is 5.10 Å². The molecule has 2 N–H and O–H groups in total. The normalized spacial score (nSPS) is 15.7. The van der Waals surface area contributed by atoms with E-state index < -0.39 is 0 Å². The van der Waals surface area contributed by atoms with Crippen molar-refractivity contribution >= 4 is 17.5 Å². The molecule has 1 aliphatic heterocycles. The van der Waals surface area contributed by atoms with E-state index >= 15 is 0 Å². The summed E-state index contributed by atoms with van der Waals surface area (Å²) in [6.45, 7) is 0.457. The van der Waals surface area contributed by atoms with Crippen LogP contribution in [0, 0.1) is 0 Å². The third-order valence-electron chi connectivity index (χ3n) is 2.58. The SMILES string of the molecule is CN1N=C(C(=O)NCc2cc[nH]c2)CCC1=O. The molecule has 0 atom stereocenters. The topological polar surface area (TPSA) is 77.6 Å². The lowest BCUT2D eigenvalue weighted by atomic mass is 10.1. The fourth-order valence-electron chi connectivity index (χ4n) is 1.59. The summed E-state index contributed by atoms with van der Waals surface area (Å²) in [5.74, 6) is -0.280. The molecule has 2 amide bonds. The Morgan fingerprint density at radius 3 is 3.06 bits per heavy atom. The van der Waals surface area contributed by atoms with E-state index in [-0.39, 0.29) is 11.8 Å². The maximum atomic E-state index is 11.8. The van der Waals surface area contributed by atoms with Gasteiger partial charge < -0.3 is 10.3 Å². The fourth-order valence-corrected chi connectivity index (χ4v) is 1.59. The van der Waals surface area contributed by atoms with Crippen LogP contribution in [-0.4, -0.2) is 34.6 Å². The van der Waals surface area contributed by atoms with Gasteiger partial charge in [0.25, 0.3) is 5.91 Å². The standard InChI is InChI=1S/C11H14N4O2/c1-15-10(16)3-2-9(14-15)11(17)13-7-8-4-5-12-6-8/h4-6,12H,2-3,7H2,1H3,(H,13,17). The predicted molar refractivity (Wildman–Crippen MR) is 62.1 cm³/mol. The molecule has 0 unspecified atom stereocenters. The number of H-pyrrole nitrogens is 1. The van der Waals surface area contributed by atoms with Crippen molar-refractivity contribution in [1.82, 2.24) is 15.3 Å². The average molecular weight is 234 g/mol. The van der Waals surface area contributed by atoms with E-state index in [0.717, 1.165) is 5.56 Å². The van der Waals surface area contributed by atoms with Gasteiger partial charge in [-0.2, -0.15) is 5.10 Å². The summed E-state index contributed by atoms with van der Waals surface area (Å²) in [6, 6.07) is 1.89. The molecular formula is C11H14N4O2. The zero-order valence-electron chi connectivity index (χ0n) is 9.56. The number of hydrazone groups is 1. The number of rotatable bonds is 3. The highest BCUT2D eigenvalue weighted by Crippen LogP contribution is 2.07. The summed E-state index contributed by atoms with van der Waals surface area (Å²) in [7, 11) is 1.56. The molecule has 0 aliphatic carbocycles. The van der Waals surface area contributed by atoms with E-state index in [1.54, 1.807) is 13.2 Å². The summed E-state index contributed by atoms with van der Waals surface area (Å²) >= 11 is 0. The van der Waals surface area contributed by atoms with Gasteiger partial charge in [-0.25, -0.2) is 5.01 Å². The van der Waals surface area contributed by atoms with Crippen LogP contribution in [-0.2, 0) is 16.1 Å². The maximum Gasteiger partial charge on any atom is 0.267 e. The number of hydrogen-bond acceptors (Lipinski definition) is 3. The van der Waals surface area contributed by atoms with Crippen LogP contribution in [0.3, 0.4) is 0 Å². The van der Waals surface area contributed by atoms with Crippen LogP contribution in [0.15, 0.2) is 23.6 Å². The van der Waals surface area contributed by atoms with E-state index in [2.05, 4.69) is 15.4 Å². The Balaban J connectivity index is 1.92. The largest absolute Gasteiger partial charge is 0.367 e. The summed E-state index contributed by atoms with van der Waals surface area (Å²) in [5.41, 5.74) is 1.40. The fraction of sp³-hybridized carbons (Fsp3) is 0.364. The highest BCUT2D eigenvalue weighted by Gasteiger charge is 2.21. The minimum absolute atomic E-state index is 0.0628. The molecule has 0 fully saturated rings. The van der Waals surface area contributed by atoms with E-state index in [1.165, 1.54) is 5.01 Å². The van der Waals surface area contributed by atoms with Gasteiger partial charge in [0.1, 0.15) is 5.71 Å². The molecule has 17 heavy (non-hydrogen) atoms. The highest BCUT2D eigenvalue weighted by atomic mass is 16.2. The lowest BCUT2D eigenvalue weighted by Crippen LogP contribution is -2.37. The van der Waals surface area contributed by atoms with E-state index in [1.807, 2.05) is 12.3 Å². The van der Waals surface area contributed by atoms with Crippen LogP contribution in [0.1, 0.15) is 18.4 Å². The average Bonchev–Trinajstić information content (AvgIpc) is 2.82. The Morgan fingerprint density at radius 1 is 1.59 bits per heavy atom. The van der Waals surface area contributed by atoms with Crippen molar-refractivity contribution < 1.29 is 9.59 Å². The summed E-state index contributed by atoms with van der Waals surface area (Å²) in [5, 5.41) is 7.92. The van der Waals surface area contributed by atoms with Crippen molar-refractivity contribution in [2.75, 3.05) is 7.05 Å². The second-order valence-electron chi connectivity index (χ2n) is 3.87. The summed E-state index contributed by atoms with van der Waals surface area (Å²) in [4.78, 5) is 25.9. The van der Waals surface area contributed by atoms with Gasteiger partial charge in [0.05, 0.1) is 0 Å². The number of aromatic nitrogens is 1. The van der Waals surface area contributed by atoms with Crippen LogP contribution >= 0.6 is 0 Å². The Morgan fingerprint density at radius 2 is 2.41 bits per heavy atom. The van der Waals surface area contributed by atoms with Crippen LogP contribution < -0.4 is 5.32 Å². The number of carbonyl (C=O) groups excluding carboxylic acids is 2. The summed E-state index contributed by atoms with van der Waals surface area (Å²) in [6.07, 6.45) is 4.36. The number of amides is 2. The molecule has 90 valence electrons.